The van der Waals surface area contributed by atoms with Crippen LogP contribution in [0.1, 0.15) is 23.2 Å². The molecule has 2 heterocycles. The zero-order chi connectivity index (χ0) is 16.4. The van der Waals surface area contributed by atoms with E-state index in [0.29, 0.717) is 25.9 Å². The predicted molar refractivity (Wildman–Crippen MR) is 79.8 cm³/mol. The number of piperidine rings is 1. The van der Waals surface area contributed by atoms with Crippen molar-refractivity contribution in [2.75, 3.05) is 13.1 Å². The third kappa shape index (κ3) is 3.08. The zero-order valence-electron chi connectivity index (χ0n) is 12.4. The van der Waals surface area contributed by atoms with E-state index in [1.165, 1.54) is 16.8 Å². The molecular formula is C16H16FN3O3. The Bertz CT molecular complexity index is 722. The highest BCUT2D eigenvalue weighted by Crippen LogP contribution is 2.21. The lowest BCUT2D eigenvalue weighted by Crippen LogP contribution is -2.40. The lowest BCUT2D eigenvalue weighted by atomic mass is 9.96. The van der Waals surface area contributed by atoms with Gasteiger partial charge in [0.1, 0.15) is 11.5 Å². The number of hydrogen-bond donors (Lipinski definition) is 1. The van der Waals surface area contributed by atoms with Crippen molar-refractivity contribution in [3.63, 3.8) is 0 Å². The lowest BCUT2D eigenvalue weighted by Gasteiger charge is -2.30. The second kappa shape index (κ2) is 6.20. The fraction of sp³-hybridized carbons (Fsp3) is 0.312. The molecule has 1 N–H and O–H groups in total. The van der Waals surface area contributed by atoms with Crippen LogP contribution in [-0.2, 0) is 4.79 Å². The molecular weight excluding hydrogens is 301 g/mol. The van der Waals surface area contributed by atoms with Crippen molar-refractivity contribution < 1.29 is 19.1 Å². The van der Waals surface area contributed by atoms with E-state index >= 15 is 0 Å². The van der Waals surface area contributed by atoms with E-state index in [1.807, 2.05) is 0 Å². The minimum absolute atomic E-state index is 0.257. The summed E-state index contributed by atoms with van der Waals surface area (Å²) in [7, 11) is 0. The summed E-state index contributed by atoms with van der Waals surface area (Å²) in [6.45, 7) is 0.747. The molecule has 1 aromatic carbocycles. The van der Waals surface area contributed by atoms with Gasteiger partial charge in [0, 0.05) is 31.0 Å². The number of carbonyl (C=O) groups excluding carboxylic acids is 1. The monoisotopic (exact) mass is 317 g/mol. The van der Waals surface area contributed by atoms with Crippen molar-refractivity contribution in [1.29, 1.82) is 0 Å². The number of benzene rings is 1. The van der Waals surface area contributed by atoms with Gasteiger partial charge in [0.05, 0.1) is 5.92 Å². The van der Waals surface area contributed by atoms with Crippen LogP contribution in [0.15, 0.2) is 36.7 Å². The minimum Gasteiger partial charge on any atom is -0.481 e. The van der Waals surface area contributed by atoms with Crippen molar-refractivity contribution in [2.24, 2.45) is 5.92 Å². The molecule has 1 fully saturated rings. The molecule has 0 bridgehead atoms. The summed E-state index contributed by atoms with van der Waals surface area (Å²) in [5.41, 5.74) is 0.531. The number of halogens is 1. The normalized spacial score (nSPS) is 15.6. The van der Waals surface area contributed by atoms with E-state index in [1.54, 1.807) is 29.4 Å². The molecule has 0 saturated carbocycles. The van der Waals surface area contributed by atoms with Crippen LogP contribution in [0.2, 0.25) is 0 Å². The lowest BCUT2D eigenvalue weighted by molar-refractivity contribution is -0.143. The fourth-order valence-corrected chi connectivity index (χ4v) is 2.75. The van der Waals surface area contributed by atoms with Crippen molar-refractivity contribution in [3.8, 4) is 5.69 Å². The third-order valence-corrected chi connectivity index (χ3v) is 4.08. The highest BCUT2D eigenvalue weighted by Gasteiger charge is 2.27. The van der Waals surface area contributed by atoms with Crippen LogP contribution in [0, 0.1) is 11.7 Å². The molecule has 2 aromatic rings. The van der Waals surface area contributed by atoms with Crippen molar-refractivity contribution in [2.45, 2.75) is 12.8 Å². The second-order valence-electron chi connectivity index (χ2n) is 5.52. The van der Waals surface area contributed by atoms with E-state index < -0.39 is 17.7 Å². The number of aliphatic carboxylic acids is 1. The molecule has 1 aliphatic rings. The Balaban J connectivity index is 1.74. The molecule has 1 saturated heterocycles. The minimum atomic E-state index is -0.827. The van der Waals surface area contributed by atoms with Gasteiger partial charge in [-0.3, -0.25) is 9.59 Å². The first-order valence-electron chi connectivity index (χ1n) is 7.38. The number of aromatic nitrogens is 2. The van der Waals surface area contributed by atoms with Crippen LogP contribution in [0.3, 0.4) is 0 Å². The standard InChI is InChI=1S/C16H16FN3O3/c17-13-10-12(2-3-14(13)20-7-1-6-18-20)15(21)19-8-4-11(5-9-19)16(22)23/h1-3,6-7,10-11H,4-5,8-9H2,(H,22,23). The SMILES string of the molecule is O=C(O)C1CCN(C(=O)c2ccc(-n3cccn3)c(F)c2)CC1. The number of amides is 1. The first-order chi connectivity index (χ1) is 11.1. The summed E-state index contributed by atoms with van der Waals surface area (Å²) in [4.78, 5) is 24.9. The molecule has 120 valence electrons. The quantitative estimate of drug-likeness (QED) is 0.939. The van der Waals surface area contributed by atoms with Gasteiger partial charge >= 0.3 is 5.97 Å². The van der Waals surface area contributed by atoms with Crippen molar-refractivity contribution in [3.05, 3.63) is 48.0 Å². The van der Waals surface area contributed by atoms with Crippen LogP contribution in [-0.4, -0.2) is 44.8 Å². The Morgan fingerprint density at radius 3 is 2.57 bits per heavy atom. The molecule has 1 aromatic heterocycles. The molecule has 7 heteroatoms. The second-order valence-corrected chi connectivity index (χ2v) is 5.52. The topological polar surface area (TPSA) is 75.4 Å². The van der Waals surface area contributed by atoms with Gasteiger partial charge in [-0.15, -0.1) is 0 Å². The Kier molecular flexibility index (Phi) is 4.10. The maximum atomic E-state index is 14.2. The molecule has 0 radical (unpaired) electrons. The van der Waals surface area contributed by atoms with Crippen LogP contribution in [0.25, 0.3) is 5.69 Å². The number of nitrogens with zero attached hydrogens (tertiary/aromatic N) is 3. The fourth-order valence-electron chi connectivity index (χ4n) is 2.75. The van der Waals surface area contributed by atoms with E-state index in [2.05, 4.69) is 5.10 Å². The first kappa shape index (κ1) is 15.2. The maximum absolute atomic E-state index is 14.2. The molecule has 0 atom stereocenters. The number of likely N-dealkylation sites (tertiary alicyclic amines) is 1. The molecule has 3 rings (SSSR count). The summed E-state index contributed by atoms with van der Waals surface area (Å²) >= 11 is 0. The van der Waals surface area contributed by atoms with E-state index in [0.717, 1.165) is 0 Å². The molecule has 0 spiro atoms. The number of rotatable bonds is 3. The Morgan fingerprint density at radius 2 is 2.00 bits per heavy atom. The average Bonchev–Trinajstić information content (AvgIpc) is 3.08. The Labute approximate surface area is 132 Å². The number of carboxylic acid groups (broad SMARTS) is 1. The van der Waals surface area contributed by atoms with E-state index in [4.69, 9.17) is 5.11 Å². The summed E-state index contributed by atoms with van der Waals surface area (Å²) in [6, 6.07) is 5.96. The summed E-state index contributed by atoms with van der Waals surface area (Å²) in [5, 5.41) is 12.9. The predicted octanol–water partition coefficient (Wildman–Crippen LogP) is 1.95. The zero-order valence-corrected chi connectivity index (χ0v) is 12.4. The third-order valence-electron chi connectivity index (χ3n) is 4.08. The average molecular weight is 317 g/mol. The Hall–Kier alpha value is -2.70. The number of carbonyl (C=O) groups is 2. The highest BCUT2D eigenvalue weighted by molar-refractivity contribution is 5.94. The molecule has 23 heavy (non-hydrogen) atoms. The van der Waals surface area contributed by atoms with Crippen LogP contribution in [0.4, 0.5) is 4.39 Å². The van der Waals surface area contributed by atoms with Crippen molar-refractivity contribution >= 4 is 11.9 Å². The van der Waals surface area contributed by atoms with Gasteiger partial charge < -0.3 is 10.0 Å². The van der Waals surface area contributed by atoms with Crippen molar-refractivity contribution in [1.82, 2.24) is 14.7 Å². The van der Waals surface area contributed by atoms with E-state index in [9.17, 15) is 14.0 Å². The van der Waals surface area contributed by atoms with Gasteiger partial charge in [-0.25, -0.2) is 9.07 Å². The van der Waals surface area contributed by atoms with Gasteiger partial charge in [-0.05, 0) is 37.1 Å². The largest absolute Gasteiger partial charge is 0.481 e. The van der Waals surface area contributed by atoms with Gasteiger partial charge in [0.2, 0.25) is 0 Å². The molecule has 6 nitrogen and oxygen atoms in total. The van der Waals surface area contributed by atoms with Gasteiger partial charge in [-0.2, -0.15) is 5.10 Å². The summed E-state index contributed by atoms with van der Waals surface area (Å²) in [6.07, 6.45) is 4.02. The number of carboxylic acids is 1. The molecule has 1 amide bonds. The van der Waals surface area contributed by atoms with Crippen LogP contribution >= 0.6 is 0 Å². The van der Waals surface area contributed by atoms with Gasteiger partial charge in [0.25, 0.3) is 5.91 Å². The molecule has 1 aliphatic heterocycles. The van der Waals surface area contributed by atoms with Gasteiger partial charge in [-0.1, -0.05) is 0 Å². The van der Waals surface area contributed by atoms with E-state index in [-0.39, 0.29) is 17.2 Å². The van der Waals surface area contributed by atoms with Gasteiger partial charge in [0.15, 0.2) is 0 Å². The number of hydrogen-bond acceptors (Lipinski definition) is 3. The van der Waals surface area contributed by atoms with Crippen LogP contribution < -0.4 is 0 Å². The smallest absolute Gasteiger partial charge is 0.306 e. The highest BCUT2D eigenvalue weighted by atomic mass is 19.1. The Morgan fingerprint density at radius 1 is 1.26 bits per heavy atom. The summed E-state index contributed by atoms with van der Waals surface area (Å²) in [5.74, 6) is -2.04. The summed E-state index contributed by atoms with van der Waals surface area (Å²) < 4.78 is 15.6. The van der Waals surface area contributed by atoms with Crippen LogP contribution in [0.5, 0.6) is 0 Å². The molecule has 0 unspecified atom stereocenters. The molecule has 0 aliphatic carbocycles. The maximum Gasteiger partial charge on any atom is 0.306 e. The first-order valence-corrected chi connectivity index (χ1v) is 7.38.